The average molecular weight is 250 g/mol. The van der Waals surface area contributed by atoms with Crippen molar-refractivity contribution in [2.75, 3.05) is 25.6 Å². The van der Waals surface area contributed by atoms with E-state index in [0.717, 1.165) is 0 Å². The summed E-state index contributed by atoms with van der Waals surface area (Å²) in [5, 5.41) is 8.95. The van der Waals surface area contributed by atoms with Crippen molar-refractivity contribution in [3.05, 3.63) is 29.6 Å². The Morgan fingerprint density at radius 3 is 2.83 bits per heavy atom. The molecule has 0 saturated carbocycles. The molecule has 0 bridgehead atoms. The number of carbonyl (C=O) groups is 1. The molecular weight excluding hydrogens is 235 g/mol. The Bertz CT molecular complexity index is 482. The van der Waals surface area contributed by atoms with Gasteiger partial charge in [-0.05, 0) is 18.2 Å². The van der Waals surface area contributed by atoms with E-state index in [1.54, 1.807) is 18.9 Å². The second-order valence-corrected chi connectivity index (χ2v) is 4.08. The van der Waals surface area contributed by atoms with Gasteiger partial charge in [-0.15, -0.1) is 0 Å². The van der Waals surface area contributed by atoms with Crippen LogP contribution in [0.5, 0.6) is 0 Å². The number of nitriles is 1. The number of anilines is 1. The zero-order valence-electron chi connectivity index (χ0n) is 10.6. The molecule has 0 amide bonds. The molecule has 18 heavy (non-hydrogen) atoms. The maximum Gasteiger partial charge on any atom is 0.310 e. The van der Waals surface area contributed by atoms with Crippen LogP contribution in [0.25, 0.3) is 0 Å². The molecular formula is C13H15FN2O2. The number of nitrogens with zero attached hydrogens (tertiary/aromatic N) is 2. The smallest absolute Gasteiger partial charge is 0.310 e. The monoisotopic (exact) mass is 250 g/mol. The predicted molar refractivity (Wildman–Crippen MR) is 65.6 cm³/mol. The summed E-state index contributed by atoms with van der Waals surface area (Å²) >= 11 is 0. The minimum atomic E-state index is -0.454. The highest BCUT2D eigenvalue weighted by molar-refractivity contribution is 5.73. The summed E-state index contributed by atoms with van der Waals surface area (Å²) in [5.74, 6) is -1.09. The van der Waals surface area contributed by atoms with Gasteiger partial charge in [-0.25, -0.2) is 4.39 Å². The van der Waals surface area contributed by atoms with Crippen LogP contribution in [0.1, 0.15) is 12.5 Å². The molecule has 0 aliphatic carbocycles. The van der Waals surface area contributed by atoms with Crippen molar-refractivity contribution in [3.8, 4) is 6.07 Å². The molecule has 1 aromatic rings. The van der Waals surface area contributed by atoms with E-state index in [4.69, 9.17) is 5.26 Å². The number of hydrogen-bond donors (Lipinski definition) is 0. The normalized spacial score (nSPS) is 11.5. The van der Waals surface area contributed by atoms with Crippen LogP contribution in [0.2, 0.25) is 0 Å². The number of ether oxygens (including phenoxy) is 1. The molecule has 0 N–H and O–H groups in total. The number of carbonyl (C=O) groups excluding carboxylic acids is 1. The van der Waals surface area contributed by atoms with Crippen LogP contribution < -0.4 is 4.90 Å². The highest BCUT2D eigenvalue weighted by Gasteiger charge is 2.17. The Kier molecular flexibility index (Phi) is 4.67. The zero-order valence-corrected chi connectivity index (χ0v) is 10.6. The van der Waals surface area contributed by atoms with Gasteiger partial charge in [-0.1, -0.05) is 6.92 Å². The van der Waals surface area contributed by atoms with Gasteiger partial charge in [0.2, 0.25) is 0 Å². The average Bonchev–Trinajstić information content (AvgIpc) is 2.37. The third kappa shape index (κ3) is 3.20. The van der Waals surface area contributed by atoms with Crippen molar-refractivity contribution >= 4 is 11.7 Å². The van der Waals surface area contributed by atoms with Gasteiger partial charge in [0.25, 0.3) is 0 Å². The van der Waals surface area contributed by atoms with E-state index < -0.39 is 5.82 Å². The third-order valence-corrected chi connectivity index (χ3v) is 2.64. The van der Waals surface area contributed by atoms with Gasteiger partial charge < -0.3 is 9.64 Å². The number of halogens is 1. The van der Waals surface area contributed by atoms with E-state index in [9.17, 15) is 9.18 Å². The van der Waals surface area contributed by atoms with Gasteiger partial charge in [0.15, 0.2) is 0 Å². The molecule has 0 heterocycles. The quantitative estimate of drug-likeness (QED) is 0.766. The first-order valence-corrected chi connectivity index (χ1v) is 5.48. The summed E-state index contributed by atoms with van der Waals surface area (Å²) in [6.07, 6.45) is 0. The second kappa shape index (κ2) is 6.01. The lowest BCUT2D eigenvalue weighted by Gasteiger charge is -2.23. The molecule has 4 nitrogen and oxygen atoms in total. The lowest BCUT2D eigenvalue weighted by atomic mass is 10.1. The summed E-state index contributed by atoms with van der Waals surface area (Å²) in [5.41, 5.74) is 0.837. The molecule has 1 aromatic carbocycles. The fourth-order valence-corrected chi connectivity index (χ4v) is 1.72. The van der Waals surface area contributed by atoms with Gasteiger partial charge in [-0.2, -0.15) is 5.26 Å². The minimum Gasteiger partial charge on any atom is -0.469 e. The summed E-state index contributed by atoms with van der Waals surface area (Å²) in [6, 6.07) is 5.92. The number of esters is 1. The molecule has 0 saturated heterocycles. The van der Waals surface area contributed by atoms with Gasteiger partial charge in [0.05, 0.1) is 24.3 Å². The van der Waals surface area contributed by atoms with E-state index in [1.165, 1.54) is 25.3 Å². The standard InChI is InChI=1S/C13H15FN2O2/c1-9(13(17)18-3)8-16(2)12-5-4-11(14)6-10(12)7-15/h4-6,9H,8H2,1-3H3. The van der Waals surface area contributed by atoms with Crippen molar-refractivity contribution in [2.45, 2.75) is 6.92 Å². The van der Waals surface area contributed by atoms with Crippen LogP contribution in [-0.2, 0) is 9.53 Å². The van der Waals surface area contributed by atoms with Crippen LogP contribution >= 0.6 is 0 Å². The Hall–Kier alpha value is -2.09. The second-order valence-electron chi connectivity index (χ2n) is 4.08. The Balaban J connectivity index is 2.88. The van der Waals surface area contributed by atoms with Crippen molar-refractivity contribution in [3.63, 3.8) is 0 Å². The van der Waals surface area contributed by atoms with Crippen molar-refractivity contribution in [1.82, 2.24) is 0 Å². The van der Waals surface area contributed by atoms with Crippen molar-refractivity contribution in [1.29, 1.82) is 5.26 Å². The molecule has 0 fully saturated rings. The van der Waals surface area contributed by atoms with Crippen molar-refractivity contribution in [2.24, 2.45) is 5.92 Å². The molecule has 0 aliphatic rings. The lowest BCUT2D eigenvalue weighted by Crippen LogP contribution is -2.29. The fourth-order valence-electron chi connectivity index (χ4n) is 1.72. The maximum absolute atomic E-state index is 13.0. The topological polar surface area (TPSA) is 53.3 Å². The van der Waals surface area contributed by atoms with Gasteiger partial charge >= 0.3 is 5.97 Å². The largest absolute Gasteiger partial charge is 0.469 e. The first kappa shape index (κ1) is 14.0. The van der Waals surface area contributed by atoms with E-state index >= 15 is 0 Å². The predicted octanol–water partition coefficient (Wildman–Crippen LogP) is 1.94. The Morgan fingerprint density at radius 2 is 2.28 bits per heavy atom. The first-order chi connectivity index (χ1) is 8.49. The maximum atomic E-state index is 13.0. The summed E-state index contributed by atoms with van der Waals surface area (Å²) in [7, 11) is 3.07. The van der Waals surface area contributed by atoms with E-state index in [-0.39, 0.29) is 17.5 Å². The minimum absolute atomic E-state index is 0.245. The molecule has 96 valence electrons. The summed E-state index contributed by atoms with van der Waals surface area (Å²) in [6.45, 7) is 2.13. The molecule has 0 radical (unpaired) electrons. The van der Waals surface area contributed by atoms with Crippen LogP contribution in [0.3, 0.4) is 0 Å². The molecule has 5 heteroatoms. The molecule has 1 atom stereocenters. The fraction of sp³-hybridized carbons (Fsp3) is 0.385. The van der Waals surface area contributed by atoms with Crippen LogP contribution in [-0.4, -0.2) is 26.7 Å². The number of rotatable bonds is 4. The van der Waals surface area contributed by atoms with Crippen LogP contribution in [0.4, 0.5) is 10.1 Å². The number of benzene rings is 1. The summed E-state index contributed by atoms with van der Waals surface area (Å²) in [4.78, 5) is 13.0. The zero-order chi connectivity index (χ0) is 13.7. The highest BCUT2D eigenvalue weighted by Crippen LogP contribution is 2.20. The summed E-state index contributed by atoms with van der Waals surface area (Å²) < 4.78 is 17.6. The van der Waals surface area contributed by atoms with E-state index in [1.807, 2.05) is 6.07 Å². The Morgan fingerprint density at radius 1 is 1.61 bits per heavy atom. The van der Waals surface area contributed by atoms with Crippen LogP contribution in [0, 0.1) is 23.1 Å². The number of hydrogen-bond acceptors (Lipinski definition) is 4. The third-order valence-electron chi connectivity index (χ3n) is 2.64. The first-order valence-electron chi connectivity index (χ1n) is 5.48. The van der Waals surface area contributed by atoms with E-state index in [2.05, 4.69) is 4.74 Å². The molecule has 0 aliphatic heterocycles. The highest BCUT2D eigenvalue weighted by atomic mass is 19.1. The Labute approximate surface area is 106 Å². The van der Waals surface area contributed by atoms with Crippen LogP contribution in [0.15, 0.2) is 18.2 Å². The van der Waals surface area contributed by atoms with Gasteiger partial charge in [0.1, 0.15) is 11.9 Å². The molecule has 0 aromatic heterocycles. The lowest BCUT2D eigenvalue weighted by molar-refractivity contribution is -0.144. The van der Waals surface area contributed by atoms with Crippen molar-refractivity contribution < 1.29 is 13.9 Å². The molecule has 0 spiro atoms. The molecule has 1 rings (SSSR count). The molecule has 1 unspecified atom stereocenters. The SMILES string of the molecule is COC(=O)C(C)CN(C)c1ccc(F)cc1C#N. The van der Waals surface area contributed by atoms with Gasteiger partial charge in [-0.3, -0.25) is 4.79 Å². The number of methoxy groups -OCH3 is 1. The van der Waals surface area contributed by atoms with E-state index in [0.29, 0.717) is 12.2 Å². The van der Waals surface area contributed by atoms with Gasteiger partial charge in [0, 0.05) is 13.6 Å².